The van der Waals surface area contributed by atoms with Gasteiger partial charge in [-0.25, -0.2) is 0 Å². The highest BCUT2D eigenvalue weighted by Gasteiger charge is 2.29. The quantitative estimate of drug-likeness (QED) is 0.860. The molecule has 1 aromatic carbocycles. The molecule has 0 aromatic heterocycles. The lowest BCUT2D eigenvalue weighted by atomic mass is 10.0. The van der Waals surface area contributed by atoms with E-state index in [1.807, 2.05) is 30.3 Å². The van der Waals surface area contributed by atoms with E-state index >= 15 is 0 Å². The third-order valence-electron chi connectivity index (χ3n) is 4.54. The zero-order valence-electron chi connectivity index (χ0n) is 13.9. The van der Waals surface area contributed by atoms with Crippen molar-refractivity contribution >= 4 is 11.8 Å². The standard InChI is InChI=1S/C18H26N2O3/c1-14(21)17-9-11-20(12-17)18(23)13-19(15(2)22)10-8-16-6-4-3-5-7-16/h3-7,14,17,21H,8-13H2,1-2H3. The second-order valence-electron chi connectivity index (χ2n) is 6.31. The molecule has 126 valence electrons. The minimum atomic E-state index is -0.394. The Morgan fingerprint density at radius 3 is 2.61 bits per heavy atom. The van der Waals surface area contributed by atoms with E-state index < -0.39 is 6.10 Å². The van der Waals surface area contributed by atoms with Crippen molar-refractivity contribution in [2.75, 3.05) is 26.2 Å². The minimum Gasteiger partial charge on any atom is -0.393 e. The molecule has 1 fully saturated rings. The first-order valence-electron chi connectivity index (χ1n) is 8.22. The van der Waals surface area contributed by atoms with Crippen LogP contribution in [-0.4, -0.2) is 59.0 Å². The molecule has 23 heavy (non-hydrogen) atoms. The van der Waals surface area contributed by atoms with Gasteiger partial charge in [-0.3, -0.25) is 9.59 Å². The van der Waals surface area contributed by atoms with Crippen molar-refractivity contribution in [3.05, 3.63) is 35.9 Å². The summed E-state index contributed by atoms with van der Waals surface area (Å²) in [4.78, 5) is 27.6. The van der Waals surface area contributed by atoms with Gasteiger partial charge < -0.3 is 14.9 Å². The first-order valence-corrected chi connectivity index (χ1v) is 8.22. The maximum absolute atomic E-state index is 12.4. The Kier molecular flexibility index (Phi) is 6.16. The molecule has 1 aliphatic rings. The summed E-state index contributed by atoms with van der Waals surface area (Å²) in [6.07, 6.45) is 1.17. The van der Waals surface area contributed by atoms with Crippen LogP contribution in [0.5, 0.6) is 0 Å². The van der Waals surface area contributed by atoms with Gasteiger partial charge in [0.1, 0.15) is 0 Å². The zero-order valence-corrected chi connectivity index (χ0v) is 13.9. The van der Waals surface area contributed by atoms with Gasteiger partial charge >= 0.3 is 0 Å². The molecule has 2 unspecified atom stereocenters. The Bertz CT molecular complexity index is 530. The molecule has 5 nitrogen and oxygen atoms in total. The Balaban J connectivity index is 1.87. The molecule has 0 aliphatic carbocycles. The van der Waals surface area contributed by atoms with Crippen molar-refractivity contribution in [1.82, 2.24) is 9.80 Å². The molecule has 1 N–H and O–H groups in total. The van der Waals surface area contributed by atoms with Gasteiger partial charge in [0.2, 0.25) is 11.8 Å². The van der Waals surface area contributed by atoms with E-state index in [4.69, 9.17) is 0 Å². The first-order chi connectivity index (χ1) is 11.0. The molecular weight excluding hydrogens is 292 g/mol. The van der Waals surface area contributed by atoms with Crippen LogP contribution in [0.4, 0.5) is 0 Å². The molecule has 1 aromatic rings. The fraction of sp³-hybridized carbons (Fsp3) is 0.556. The van der Waals surface area contributed by atoms with Crippen molar-refractivity contribution in [1.29, 1.82) is 0 Å². The van der Waals surface area contributed by atoms with Crippen LogP contribution in [0.2, 0.25) is 0 Å². The average molecular weight is 318 g/mol. The molecule has 5 heteroatoms. The van der Waals surface area contributed by atoms with Gasteiger partial charge in [-0.1, -0.05) is 30.3 Å². The molecule has 0 bridgehead atoms. The number of aliphatic hydroxyl groups excluding tert-OH is 1. The van der Waals surface area contributed by atoms with E-state index in [0.29, 0.717) is 19.6 Å². The number of likely N-dealkylation sites (tertiary alicyclic amines) is 1. The molecule has 0 spiro atoms. The molecule has 0 saturated carbocycles. The van der Waals surface area contributed by atoms with Crippen molar-refractivity contribution in [3.63, 3.8) is 0 Å². The van der Waals surface area contributed by atoms with Crippen LogP contribution in [0.1, 0.15) is 25.8 Å². The van der Waals surface area contributed by atoms with Gasteiger partial charge in [0.15, 0.2) is 0 Å². The largest absolute Gasteiger partial charge is 0.393 e. The van der Waals surface area contributed by atoms with Crippen LogP contribution in [0.25, 0.3) is 0 Å². The van der Waals surface area contributed by atoms with Crippen molar-refractivity contribution in [2.45, 2.75) is 32.8 Å². The molecule has 1 aliphatic heterocycles. The Morgan fingerprint density at radius 2 is 2.04 bits per heavy atom. The summed E-state index contributed by atoms with van der Waals surface area (Å²) < 4.78 is 0. The second kappa shape index (κ2) is 8.11. The lowest BCUT2D eigenvalue weighted by Gasteiger charge is -2.24. The lowest BCUT2D eigenvalue weighted by molar-refractivity contribution is -0.138. The van der Waals surface area contributed by atoms with Gasteiger partial charge in [-0.05, 0) is 25.3 Å². The predicted molar refractivity (Wildman–Crippen MR) is 88.8 cm³/mol. The van der Waals surface area contributed by atoms with Gasteiger partial charge in [-0.2, -0.15) is 0 Å². The highest BCUT2D eigenvalue weighted by molar-refractivity contribution is 5.84. The molecule has 2 amide bonds. The van der Waals surface area contributed by atoms with E-state index in [1.165, 1.54) is 6.92 Å². The van der Waals surface area contributed by atoms with E-state index in [2.05, 4.69) is 0 Å². The van der Waals surface area contributed by atoms with Gasteiger partial charge in [0.25, 0.3) is 0 Å². The number of carbonyl (C=O) groups excluding carboxylic acids is 2. The van der Waals surface area contributed by atoms with Crippen molar-refractivity contribution in [2.24, 2.45) is 5.92 Å². The topological polar surface area (TPSA) is 60.9 Å². The highest BCUT2D eigenvalue weighted by atomic mass is 16.3. The molecule has 2 rings (SSSR count). The van der Waals surface area contributed by atoms with Crippen LogP contribution >= 0.6 is 0 Å². The third-order valence-corrected chi connectivity index (χ3v) is 4.54. The van der Waals surface area contributed by atoms with Crippen LogP contribution < -0.4 is 0 Å². The monoisotopic (exact) mass is 318 g/mol. The summed E-state index contributed by atoms with van der Waals surface area (Å²) in [5, 5.41) is 9.63. The third kappa shape index (κ3) is 5.06. The number of rotatable bonds is 6. The predicted octanol–water partition coefficient (Wildman–Crippen LogP) is 1.31. The lowest BCUT2D eigenvalue weighted by Crippen LogP contribution is -2.42. The summed E-state index contributed by atoms with van der Waals surface area (Å²) in [6, 6.07) is 9.95. The summed E-state index contributed by atoms with van der Waals surface area (Å²) in [5.74, 6) is 0.0333. The van der Waals surface area contributed by atoms with E-state index in [-0.39, 0.29) is 24.3 Å². The van der Waals surface area contributed by atoms with Crippen molar-refractivity contribution in [3.8, 4) is 0 Å². The Hall–Kier alpha value is -1.88. The molecular formula is C18H26N2O3. The number of amides is 2. The highest BCUT2D eigenvalue weighted by Crippen LogP contribution is 2.19. The van der Waals surface area contributed by atoms with Gasteiger partial charge in [0.05, 0.1) is 12.6 Å². The zero-order chi connectivity index (χ0) is 16.8. The first kappa shape index (κ1) is 17.5. The number of nitrogens with zero attached hydrogens (tertiary/aromatic N) is 2. The number of benzene rings is 1. The fourth-order valence-electron chi connectivity index (χ4n) is 2.93. The number of carbonyl (C=O) groups is 2. The van der Waals surface area contributed by atoms with Crippen LogP contribution in [0.15, 0.2) is 30.3 Å². The summed E-state index contributed by atoms with van der Waals surface area (Å²) in [5.41, 5.74) is 1.15. The number of hydrogen-bond donors (Lipinski definition) is 1. The summed E-state index contributed by atoms with van der Waals surface area (Å²) in [6.45, 7) is 5.18. The minimum absolute atomic E-state index is 0.0311. The smallest absolute Gasteiger partial charge is 0.242 e. The van der Waals surface area contributed by atoms with E-state index in [9.17, 15) is 14.7 Å². The normalized spacial score (nSPS) is 18.7. The second-order valence-corrected chi connectivity index (χ2v) is 6.31. The number of hydrogen-bond acceptors (Lipinski definition) is 3. The Labute approximate surface area is 137 Å². The molecule has 1 heterocycles. The average Bonchev–Trinajstić information content (AvgIpc) is 3.02. The van der Waals surface area contributed by atoms with Crippen LogP contribution in [0, 0.1) is 5.92 Å². The van der Waals surface area contributed by atoms with Gasteiger partial charge in [-0.15, -0.1) is 0 Å². The fourth-order valence-corrected chi connectivity index (χ4v) is 2.93. The van der Waals surface area contributed by atoms with Crippen molar-refractivity contribution < 1.29 is 14.7 Å². The summed E-state index contributed by atoms with van der Waals surface area (Å²) >= 11 is 0. The summed E-state index contributed by atoms with van der Waals surface area (Å²) in [7, 11) is 0. The molecule has 2 atom stereocenters. The van der Waals surface area contributed by atoms with Crippen LogP contribution in [-0.2, 0) is 16.0 Å². The number of aliphatic hydroxyl groups is 1. The molecule has 1 saturated heterocycles. The molecule has 0 radical (unpaired) electrons. The SMILES string of the molecule is CC(=O)N(CCc1ccccc1)CC(=O)N1CCC(C(C)O)C1. The van der Waals surface area contributed by atoms with E-state index in [0.717, 1.165) is 18.4 Å². The van der Waals surface area contributed by atoms with Crippen LogP contribution in [0.3, 0.4) is 0 Å². The van der Waals surface area contributed by atoms with Gasteiger partial charge in [0, 0.05) is 32.5 Å². The van der Waals surface area contributed by atoms with E-state index in [1.54, 1.807) is 16.7 Å². The Morgan fingerprint density at radius 1 is 1.35 bits per heavy atom. The maximum Gasteiger partial charge on any atom is 0.242 e. The maximum atomic E-state index is 12.4.